The van der Waals surface area contributed by atoms with Crippen LogP contribution in [-0.4, -0.2) is 30.4 Å². The van der Waals surface area contributed by atoms with Crippen LogP contribution in [0.25, 0.3) is 0 Å². The molecule has 0 aromatic carbocycles. The second kappa shape index (κ2) is 6.54. The van der Waals surface area contributed by atoms with Crippen molar-refractivity contribution < 1.29 is 9.90 Å². The number of allylic oxidation sites excluding steroid dienone is 1. The SMILES string of the molecule is C/C=C\N=C/C(CC(=O)O)NC. The van der Waals surface area contributed by atoms with Crippen LogP contribution < -0.4 is 5.32 Å². The normalized spacial score (nSPS) is 14.2. The van der Waals surface area contributed by atoms with E-state index in [1.54, 1.807) is 25.5 Å². The molecule has 2 N–H and O–H groups in total. The standard InChI is InChI=1S/C8H14N2O2/c1-3-4-10-6-7(9-2)5-8(11)12/h3-4,6-7,9H,5H2,1-2H3,(H,11,12)/b4-3-,10-6-. The molecule has 0 radical (unpaired) electrons. The smallest absolute Gasteiger partial charge is 0.305 e. The Labute approximate surface area is 72.0 Å². The average Bonchev–Trinajstić information content (AvgIpc) is 2.02. The summed E-state index contributed by atoms with van der Waals surface area (Å²) in [7, 11) is 1.70. The molecular formula is C8H14N2O2. The van der Waals surface area contributed by atoms with Gasteiger partial charge in [0.1, 0.15) is 0 Å². The Bertz CT molecular complexity index is 187. The van der Waals surface area contributed by atoms with Crippen molar-refractivity contribution >= 4 is 12.2 Å². The monoisotopic (exact) mass is 170 g/mol. The van der Waals surface area contributed by atoms with Crippen molar-refractivity contribution in [1.29, 1.82) is 0 Å². The zero-order chi connectivity index (χ0) is 9.40. The van der Waals surface area contributed by atoms with Crippen LogP contribution in [0.4, 0.5) is 0 Å². The van der Waals surface area contributed by atoms with E-state index in [4.69, 9.17) is 5.11 Å². The van der Waals surface area contributed by atoms with E-state index in [2.05, 4.69) is 10.3 Å². The molecule has 0 spiro atoms. The number of rotatable bonds is 5. The first-order chi connectivity index (χ1) is 5.70. The number of nitrogens with one attached hydrogen (secondary N) is 1. The molecule has 0 aliphatic heterocycles. The van der Waals surface area contributed by atoms with E-state index >= 15 is 0 Å². The van der Waals surface area contributed by atoms with Gasteiger partial charge in [-0.15, -0.1) is 0 Å². The summed E-state index contributed by atoms with van der Waals surface area (Å²) < 4.78 is 0. The van der Waals surface area contributed by atoms with Crippen molar-refractivity contribution in [2.24, 2.45) is 4.99 Å². The number of carboxylic acid groups (broad SMARTS) is 1. The van der Waals surface area contributed by atoms with Gasteiger partial charge in [0.2, 0.25) is 0 Å². The van der Waals surface area contributed by atoms with Gasteiger partial charge in [-0.3, -0.25) is 9.79 Å². The minimum atomic E-state index is -0.832. The van der Waals surface area contributed by atoms with E-state index in [9.17, 15) is 4.79 Å². The summed E-state index contributed by atoms with van der Waals surface area (Å²) in [6, 6.07) is -0.196. The predicted molar refractivity (Wildman–Crippen MR) is 48.4 cm³/mol. The van der Waals surface area contributed by atoms with Crippen molar-refractivity contribution in [1.82, 2.24) is 5.32 Å². The van der Waals surface area contributed by atoms with E-state index in [-0.39, 0.29) is 12.5 Å². The molecule has 1 atom stereocenters. The van der Waals surface area contributed by atoms with Crippen molar-refractivity contribution in [2.75, 3.05) is 7.05 Å². The van der Waals surface area contributed by atoms with Gasteiger partial charge in [-0.1, -0.05) is 6.08 Å². The molecule has 0 bridgehead atoms. The van der Waals surface area contributed by atoms with Crippen molar-refractivity contribution in [3.05, 3.63) is 12.3 Å². The van der Waals surface area contributed by atoms with E-state index in [1.165, 1.54) is 0 Å². The lowest BCUT2D eigenvalue weighted by molar-refractivity contribution is -0.137. The first kappa shape index (κ1) is 10.8. The minimum Gasteiger partial charge on any atom is -0.481 e. The van der Waals surface area contributed by atoms with Crippen LogP contribution in [-0.2, 0) is 4.79 Å². The molecule has 0 heterocycles. The van der Waals surface area contributed by atoms with E-state index in [0.29, 0.717) is 0 Å². The summed E-state index contributed by atoms with van der Waals surface area (Å²) in [4.78, 5) is 14.2. The summed E-state index contributed by atoms with van der Waals surface area (Å²) in [5.74, 6) is -0.832. The van der Waals surface area contributed by atoms with Gasteiger partial charge in [-0.2, -0.15) is 0 Å². The van der Waals surface area contributed by atoms with Crippen LogP contribution in [0, 0.1) is 0 Å². The number of aliphatic imine (C=N–C) groups is 1. The number of hydrogen-bond donors (Lipinski definition) is 2. The van der Waals surface area contributed by atoms with Gasteiger partial charge in [0.05, 0.1) is 12.5 Å². The molecule has 0 fully saturated rings. The van der Waals surface area contributed by atoms with Crippen LogP contribution in [0.2, 0.25) is 0 Å². The lowest BCUT2D eigenvalue weighted by atomic mass is 10.2. The van der Waals surface area contributed by atoms with Crippen LogP contribution in [0.3, 0.4) is 0 Å². The Kier molecular flexibility index (Phi) is 5.91. The number of aliphatic carboxylic acids is 1. The highest BCUT2D eigenvalue weighted by Gasteiger charge is 2.06. The zero-order valence-electron chi connectivity index (χ0n) is 7.32. The summed E-state index contributed by atoms with van der Waals surface area (Å²) in [6.45, 7) is 1.85. The molecule has 0 aromatic heterocycles. The Balaban J connectivity index is 3.90. The van der Waals surface area contributed by atoms with Crippen molar-refractivity contribution in [3.63, 3.8) is 0 Å². The third-order valence-electron chi connectivity index (χ3n) is 1.27. The maximum Gasteiger partial charge on any atom is 0.305 e. The lowest BCUT2D eigenvalue weighted by Crippen LogP contribution is -2.29. The number of carboxylic acids is 1. The Morgan fingerprint density at radius 3 is 2.83 bits per heavy atom. The van der Waals surface area contributed by atoms with Crippen molar-refractivity contribution in [3.8, 4) is 0 Å². The largest absolute Gasteiger partial charge is 0.481 e. The summed E-state index contributed by atoms with van der Waals surface area (Å²) >= 11 is 0. The number of hydrogen-bond acceptors (Lipinski definition) is 3. The molecule has 4 heteroatoms. The van der Waals surface area contributed by atoms with Crippen LogP contribution in [0.15, 0.2) is 17.3 Å². The van der Waals surface area contributed by atoms with Gasteiger partial charge in [0, 0.05) is 12.4 Å². The Morgan fingerprint density at radius 2 is 2.42 bits per heavy atom. The molecular weight excluding hydrogens is 156 g/mol. The second-order valence-electron chi connectivity index (χ2n) is 2.27. The number of carbonyl (C=O) groups is 1. The average molecular weight is 170 g/mol. The maximum atomic E-state index is 10.3. The van der Waals surface area contributed by atoms with Gasteiger partial charge in [0.15, 0.2) is 0 Å². The van der Waals surface area contributed by atoms with Gasteiger partial charge in [-0.05, 0) is 14.0 Å². The minimum absolute atomic E-state index is 0.0531. The van der Waals surface area contributed by atoms with E-state index < -0.39 is 5.97 Å². The fraction of sp³-hybridized carbons (Fsp3) is 0.500. The Hall–Kier alpha value is -1.16. The highest BCUT2D eigenvalue weighted by molar-refractivity contribution is 5.76. The molecule has 0 aliphatic carbocycles. The summed E-state index contributed by atoms with van der Waals surface area (Å²) in [5, 5.41) is 11.3. The first-order valence-electron chi connectivity index (χ1n) is 3.74. The van der Waals surface area contributed by atoms with Crippen LogP contribution in [0.1, 0.15) is 13.3 Å². The lowest BCUT2D eigenvalue weighted by Gasteiger charge is -2.05. The highest BCUT2D eigenvalue weighted by Crippen LogP contribution is 1.88. The van der Waals surface area contributed by atoms with Gasteiger partial charge in [-0.25, -0.2) is 0 Å². The van der Waals surface area contributed by atoms with Gasteiger partial charge in [0.25, 0.3) is 0 Å². The van der Waals surface area contributed by atoms with E-state index in [0.717, 1.165) is 0 Å². The summed E-state index contributed by atoms with van der Waals surface area (Å²) in [5.41, 5.74) is 0. The molecule has 1 unspecified atom stereocenters. The molecule has 4 nitrogen and oxygen atoms in total. The summed E-state index contributed by atoms with van der Waals surface area (Å²) in [6.07, 6.45) is 5.03. The second-order valence-corrected chi connectivity index (χ2v) is 2.27. The van der Waals surface area contributed by atoms with Crippen molar-refractivity contribution in [2.45, 2.75) is 19.4 Å². The predicted octanol–water partition coefficient (Wildman–Crippen LogP) is 0.653. The third-order valence-corrected chi connectivity index (χ3v) is 1.27. The fourth-order valence-electron chi connectivity index (χ4n) is 0.657. The molecule has 0 aromatic rings. The topological polar surface area (TPSA) is 61.7 Å². The number of nitrogens with zero attached hydrogens (tertiary/aromatic N) is 1. The maximum absolute atomic E-state index is 10.3. The highest BCUT2D eigenvalue weighted by atomic mass is 16.4. The Morgan fingerprint density at radius 1 is 1.75 bits per heavy atom. The van der Waals surface area contributed by atoms with Gasteiger partial charge >= 0.3 is 5.97 Å². The molecule has 0 saturated heterocycles. The van der Waals surface area contributed by atoms with Crippen LogP contribution >= 0.6 is 0 Å². The third kappa shape index (κ3) is 5.61. The van der Waals surface area contributed by atoms with Gasteiger partial charge < -0.3 is 10.4 Å². The molecule has 68 valence electrons. The molecule has 0 aliphatic rings. The quantitative estimate of drug-likeness (QED) is 0.595. The zero-order valence-corrected chi connectivity index (χ0v) is 7.32. The molecule has 12 heavy (non-hydrogen) atoms. The molecule has 0 amide bonds. The molecule has 0 rings (SSSR count). The first-order valence-corrected chi connectivity index (χ1v) is 3.74. The van der Waals surface area contributed by atoms with E-state index in [1.807, 2.05) is 6.92 Å². The molecule has 0 saturated carbocycles. The van der Waals surface area contributed by atoms with Crippen LogP contribution in [0.5, 0.6) is 0 Å². The fourth-order valence-corrected chi connectivity index (χ4v) is 0.657.